The van der Waals surface area contributed by atoms with Crippen molar-refractivity contribution in [3.63, 3.8) is 0 Å². The van der Waals surface area contributed by atoms with Gasteiger partial charge in [0.25, 0.3) is 0 Å². The average molecular weight is 432 g/mol. The van der Waals surface area contributed by atoms with Gasteiger partial charge < -0.3 is 24.2 Å². The van der Waals surface area contributed by atoms with Crippen molar-refractivity contribution in [2.45, 2.75) is 13.0 Å². The van der Waals surface area contributed by atoms with Crippen molar-refractivity contribution < 1.29 is 18.6 Å². The van der Waals surface area contributed by atoms with Crippen LogP contribution >= 0.6 is 0 Å². The van der Waals surface area contributed by atoms with Crippen LogP contribution in [0.25, 0.3) is 22.1 Å². The second-order valence-electron chi connectivity index (χ2n) is 7.35. The summed E-state index contributed by atoms with van der Waals surface area (Å²) in [4.78, 5) is 15.1. The number of halogens is 1. The number of pyridine rings is 1. The van der Waals surface area contributed by atoms with Crippen LogP contribution in [0, 0.1) is 5.82 Å². The highest BCUT2D eigenvalue weighted by atomic mass is 19.1. The van der Waals surface area contributed by atoms with Crippen LogP contribution in [-0.2, 0) is 13.0 Å². The monoisotopic (exact) mass is 432 g/mol. The Morgan fingerprint density at radius 3 is 2.69 bits per heavy atom. The van der Waals surface area contributed by atoms with Crippen molar-refractivity contribution >= 4 is 22.1 Å². The maximum Gasteiger partial charge on any atom is 0.164 e. The molecule has 8 heteroatoms. The molecule has 5 aromatic rings. The number of aromatic amines is 2. The maximum absolute atomic E-state index is 15.0. The van der Waals surface area contributed by atoms with Crippen LogP contribution < -0.4 is 14.2 Å². The fourth-order valence-corrected chi connectivity index (χ4v) is 3.71. The van der Waals surface area contributed by atoms with Gasteiger partial charge in [-0.1, -0.05) is 12.1 Å². The molecule has 2 aromatic carbocycles. The first-order valence-electron chi connectivity index (χ1n) is 10.1. The molecule has 162 valence electrons. The van der Waals surface area contributed by atoms with Gasteiger partial charge in [0, 0.05) is 24.1 Å². The first-order valence-corrected chi connectivity index (χ1v) is 10.1. The molecule has 0 aliphatic heterocycles. The SMILES string of the molecule is COc1cnc2[nH]cc(Cc3cc(OC)c(OCc4nc5ccccc5[nH]4)cc3F)c2c1. The zero-order valence-corrected chi connectivity index (χ0v) is 17.6. The van der Waals surface area contributed by atoms with Gasteiger partial charge >= 0.3 is 0 Å². The standard InChI is InChI=1S/C24H21FN4O3/c1-30-16-9-17-15(11-26-24(17)27-12-16)7-14-8-21(31-2)22(10-18(14)25)32-13-23-28-19-5-3-4-6-20(19)29-23/h3-6,8-12H,7,13H2,1-2H3,(H,26,27)(H,28,29). The summed E-state index contributed by atoms with van der Waals surface area (Å²) in [7, 11) is 3.12. The quantitative estimate of drug-likeness (QED) is 0.387. The predicted octanol–water partition coefficient (Wildman–Crippen LogP) is 4.77. The highest BCUT2D eigenvalue weighted by Gasteiger charge is 2.15. The van der Waals surface area contributed by atoms with E-state index >= 15 is 0 Å². The fourth-order valence-electron chi connectivity index (χ4n) is 3.71. The second kappa shape index (κ2) is 8.22. The van der Waals surface area contributed by atoms with Gasteiger partial charge in [0.2, 0.25) is 0 Å². The third-order valence-electron chi connectivity index (χ3n) is 5.34. The summed E-state index contributed by atoms with van der Waals surface area (Å²) in [5, 5.41) is 0.882. The largest absolute Gasteiger partial charge is 0.495 e. The smallest absolute Gasteiger partial charge is 0.164 e. The van der Waals surface area contributed by atoms with E-state index in [4.69, 9.17) is 14.2 Å². The van der Waals surface area contributed by atoms with E-state index in [1.807, 2.05) is 36.5 Å². The molecule has 0 saturated carbocycles. The summed E-state index contributed by atoms with van der Waals surface area (Å²) in [6.07, 6.45) is 3.83. The Hall–Kier alpha value is -4.07. The van der Waals surface area contributed by atoms with E-state index in [0.29, 0.717) is 35.1 Å². The summed E-state index contributed by atoms with van der Waals surface area (Å²) in [6.45, 7) is 0.164. The molecule has 0 amide bonds. The molecular formula is C24H21FN4O3. The number of benzene rings is 2. The number of nitrogens with zero attached hydrogens (tertiary/aromatic N) is 2. The van der Waals surface area contributed by atoms with E-state index in [2.05, 4.69) is 19.9 Å². The highest BCUT2D eigenvalue weighted by Crippen LogP contribution is 2.33. The number of ether oxygens (including phenoxy) is 3. The van der Waals surface area contributed by atoms with Crippen LogP contribution in [0.1, 0.15) is 17.0 Å². The molecule has 0 bridgehead atoms. The molecule has 0 aliphatic rings. The normalized spacial score (nSPS) is 11.2. The van der Waals surface area contributed by atoms with E-state index in [9.17, 15) is 4.39 Å². The number of hydrogen-bond donors (Lipinski definition) is 2. The fraction of sp³-hybridized carbons (Fsp3) is 0.167. The predicted molar refractivity (Wildman–Crippen MR) is 119 cm³/mol. The third kappa shape index (κ3) is 3.71. The van der Waals surface area contributed by atoms with E-state index in [1.54, 1.807) is 19.4 Å². The second-order valence-corrected chi connectivity index (χ2v) is 7.35. The number of fused-ring (bicyclic) bond motifs is 2. The van der Waals surface area contributed by atoms with Gasteiger partial charge in [0.15, 0.2) is 11.5 Å². The highest BCUT2D eigenvalue weighted by molar-refractivity contribution is 5.81. The minimum Gasteiger partial charge on any atom is -0.495 e. The molecule has 0 atom stereocenters. The number of methoxy groups -OCH3 is 2. The molecule has 0 fully saturated rings. The summed E-state index contributed by atoms with van der Waals surface area (Å²) in [6, 6.07) is 12.6. The van der Waals surface area contributed by atoms with Crippen LogP contribution in [0.4, 0.5) is 4.39 Å². The molecule has 7 nitrogen and oxygen atoms in total. The Morgan fingerprint density at radius 1 is 1.00 bits per heavy atom. The minimum atomic E-state index is -0.379. The lowest BCUT2D eigenvalue weighted by molar-refractivity contribution is 0.275. The van der Waals surface area contributed by atoms with Gasteiger partial charge in [0.05, 0.1) is 31.4 Å². The van der Waals surface area contributed by atoms with Gasteiger partial charge in [-0.15, -0.1) is 0 Å². The molecule has 0 saturated heterocycles. The Balaban J connectivity index is 1.39. The van der Waals surface area contributed by atoms with Crippen molar-refractivity contribution in [3.8, 4) is 17.2 Å². The molecule has 0 spiro atoms. The molecule has 0 aliphatic carbocycles. The number of para-hydroxylation sites is 2. The first-order chi connectivity index (χ1) is 15.6. The summed E-state index contributed by atoms with van der Waals surface area (Å²) >= 11 is 0. The number of aromatic nitrogens is 4. The number of rotatable bonds is 7. The van der Waals surface area contributed by atoms with E-state index in [0.717, 1.165) is 27.6 Å². The molecule has 3 aromatic heterocycles. The lowest BCUT2D eigenvalue weighted by Crippen LogP contribution is -2.02. The topological polar surface area (TPSA) is 85.1 Å². The van der Waals surface area contributed by atoms with E-state index in [-0.39, 0.29) is 12.4 Å². The van der Waals surface area contributed by atoms with Gasteiger partial charge in [-0.25, -0.2) is 14.4 Å². The molecule has 0 radical (unpaired) electrons. The first kappa shape index (κ1) is 19.9. The van der Waals surface area contributed by atoms with E-state index in [1.165, 1.54) is 13.2 Å². The number of hydrogen-bond acceptors (Lipinski definition) is 5. The molecule has 3 heterocycles. The molecule has 5 rings (SSSR count). The molecule has 32 heavy (non-hydrogen) atoms. The lowest BCUT2D eigenvalue weighted by atomic mass is 10.0. The zero-order chi connectivity index (χ0) is 22.1. The Morgan fingerprint density at radius 2 is 1.88 bits per heavy atom. The van der Waals surface area contributed by atoms with Gasteiger partial charge in [0.1, 0.15) is 29.6 Å². The van der Waals surface area contributed by atoms with Crippen LogP contribution in [0.5, 0.6) is 17.2 Å². The number of H-pyrrole nitrogens is 2. The van der Waals surface area contributed by atoms with Crippen molar-refractivity contribution in [2.24, 2.45) is 0 Å². The van der Waals surface area contributed by atoms with Crippen molar-refractivity contribution in [1.29, 1.82) is 0 Å². The molecule has 0 unspecified atom stereocenters. The third-order valence-corrected chi connectivity index (χ3v) is 5.34. The molecule has 2 N–H and O–H groups in total. The molecular weight excluding hydrogens is 411 g/mol. The van der Waals surface area contributed by atoms with Crippen molar-refractivity contribution in [3.05, 3.63) is 77.6 Å². The van der Waals surface area contributed by atoms with Gasteiger partial charge in [-0.3, -0.25) is 0 Å². The summed E-state index contributed by atoms with van der Waals surface area (Å²) < 4.78 is 31.5. The number of nitrogens with one attached hydrogen (secondary N) is 2. The van der Waals surface area contributed by atoms with Crippen molar-refractivity contribution in [2.75, 3.05) is 14.2 Å². The van der Waals surface area contributed by atoms with Gasteiger partial charge in [-0.05, 0) is 35.4 Å². The van der Waals surface area contributed by atoms with Crippen LogP contribution in [0.15, 0.2) is 54.9 Å². The average Bonchev–Trinajstić information content (AvgIpc) is 3.42. The lowest BCUT2D eigenvalue weighted by Gasteiger charge is -2.12. The van der Waals surface area contributed by atoms with E-state index < -0.39 is 0 Å². The Bertz CT molecular complexity index is 1380. The summed E-state index contributed by atoms with van der Waals surface area (Å²) in [5.74, 6) is 1.68. The minimum absolute atomic E-state index is 0.164. The number of imidazole rings is 1. The van der Waals surface area contributed by atoms with Crippen LogP contribution in [-0.4, -0.2) is 34.2 Å². The Labute approximate surface area is 183 Å². The Kier molecular flexibility index (Phi) is 5.10. The summed E-state index contributed by atoms with van der Waals surface area (Å²) in [5.41, 5.74) is 3.89. The van der Waals surface area contributed by atoms with Crippen molar-refractivity contribution in [1.82, 2.24) is 19.9 Å². The zero-order valence-electron chi connectivity index (χ0n) is 17.6. The maximum atomic E-state index is 15.0. The van der Waals surface area contributed by atoms with Gasteiger partial charge in [-0.2, -0.15) is 0 Å². The van der Waals surface area contributed by atoms with Crippen LogP contribution in [0.3, 0.4) is 0 Å². The van der Waals surface area contributed by atoms with Crippen LogP contribution in [0.2, 0.25) is 0 Å².